The van der Waals surface area contributed by atoms with Crippen LogP contribution in [0.4, 0.5) is 0 Å². The smallest absolute Gasteiger partial charge is 0.242 e. The zero-order chi connectivity index (χ0) is 37.0. The lowest BCUT2D eigenvalue weighted by Crippen LogP contribution is -2.47. The van der Waals surface area contributed by atoms with Crippen molar-refractivity contribution in [1.29, 1.82) is 0 Å². The largest absolute Gasteiger partial charge is 0.391 e. The molecule has 0 aromatic heterocycles. The van der Waals surface area contributed by atoms with Crippen LogP contribution in [0.5, 0.6) is 0 Å². The van der Waals surface area contributed by atoms with E-state index in [2.05, 4.69) is 43.9 Å². The van der Waals surface area contributed by atoms with E-state index >= 15 is 0 Å². The summed E-state index contributed by atoms with van der Waals surface area (Å²) in [4.78, 5) is 38.5. The highest BCUT2D eigenvalue weighted by molar-refractivity contribution is 5.88. The van der Waals surface area contributed by atoms with E-state index in [1.165, 1.54) is 122 Å². The number of quaternary nitrogens is 1. The van der Waals surface area contributed by atoms with Crippen molar-refractivity contribution in [3.63, 3.8) is 0 Å². The second-order valence-corrected chi connectivity index (χ2v) is 15.6. The Morgan fingerprint density at radius 3 is 1.40 bits per heavy atom. The molecule has 1 unspecified atom stereocenters. The molecule has 8 heteroatoms. The topological polar surface area (TPSA) is 108 Å². The molecule has 0 aromatic carbocycles. The molecule has 0 radical (unpaired) electrons. The third kappa shape index (κ3) is 33.5. The van der Waals surface area contributed by atoms with Gasteiger partial charge in [0.25, 0.3) is 0 Å². The van der Waals surface area contributed by atoms with Gasteiger partial charge in [-0.2, -0.15) is 0 Å². The van der Waals surface area contributed by atoms with Gasteiger partial charge in [0.05, 0.1) is 27.2 Å². The lowest BCUT2D eigenvalue weighted by molar-refractivity contribution is -0.890. The second-order valence-electron chi connectivity index (χ2n) is 15.6. The minimum atomic E-state index is -0.666. The van der Waals surface area contributed by atoms with Crippen molar-refractivity contribution in [2.24, 2.45) is 0 Å². The Balaban J connectivity index is 4.39. The van der Waals surface area contributed by atoms with Gasteiger partial charge < -0.3 is 25.5 Å². The van der Waals surface area contributed by atoms with E-state index in [0.29, 0.717) is 25.9 Å². The van der Waals surface area contributed by atoms with Gasteiger partial charge in [0, 0.05) is 25.9 Å². The van der Waals surface area contributed by atoms with E-state index in [1.807, 2.05) is 0 Å². The molecule has 1 atom stereocenters. The van der Waals surface area contributed by atoms with Crippen molar-refractivity contribution < 1.29 is 24.0 Å². The average molecular weight is 710 g/mol. The molecule has 4 N–H and O–H groups in total. The Bertz CT molecular complexity index is 792. The highest BCUT2D eigenvalue weighted by Crippen LogP contribution is 2.13. The van der Waals surface area contributed by atoms with Gasteiger partial charge in [0.2, 0.25) is 17.7 Å². The number of aliphatic hydroxyl groups is 1. The molecule has 0 heterocycles. The van der Waals surface area contributed by atoms with Gasteiger partial charge in [0.15, 0.2) is 0 Å². The number of hydrogen-bond donors (Lipinski definition) is 4. The third-order valence-corrected chi connectivity index (χ3v) is 10.1. The van der Waals surface area contributed by atoms with E-state index in [0.717, 1.165) is 62.5 Å². The Morgan fingerprint density at radius 2 is 0.920 bits per heavy atom. The number of amides is 3. The zero-order valence-corrected chi connectivity index (χ0v) is 33.7. The summed E-state index contributed by atoms with van der Waals surface area (Å²) in [7, 11) is 4.35. The van der Waals surface area contributed by atoms with Gasteiger partial charge in [-0.15, -0.1) is 0 Å². The molecule has 0 spiro atoms. The van der Waals surface area contributed by atoms with Gasteiger partial charge in [-0.05, 0) is 38.5 Å². The first kappa shape index (κ1) is 48.3. The Morgan fingerprint density at radius 1 is 0.500 bits per heavy atom. The van der Waals surface area contributed by atoms with E-state index in [1.54, 1.807) is 0 Å². The number of rotatable bonds is 38. The Hall–Kier alpha value is -1.67. The Kier molecular flexibility index (Phi) is 34.5. The normalized spacial score (nSPS) is 12.2. The molecular weight excluding hydrogens is 624 g/mol. The van der Waals surface area contributed by atoms with Crippen molar-refractivity contribution in [3.8, 4) is 0 Å². The van der Waals surface area contributed by atoms with Crippen LogP contribution in [0, 0.1) is 0 Å². The van der Waals surface area contributed by atoms with Gasteiger partial charge in [-0.25, -0.2) is 0 Å². The SMILES string of the molecule is CCCCCCCCCCCNC(=O)CCC(NC(=O)CCCCCCCCCC[N+](C)(C)CCO)C(=O)NCCCCCCCCCCC. The van der Waals surface area contributed by atoms with Gasteiger partial charge in [-0.1, -0.05) is 149 Å². The van der Waals surface area contributed by atoms with Crippen LogP contribution in [0.2, 0.25) is 0 Å². The number of carbonyl (C=O) groups is 3. The molecule has 296 valence electrons. The molecule has 0 aliphatic carbocycles. The van der Waals surface area contributed by atoms with Crippen LogP contribution < -0.4 is 16.0 Å². The maximum absolute atomic E-state index is 13.1. The van der Waals surface area contributed by atoms with E-state index < -0.39 is 6.04 Å². The van der Waals surface area contributed by atoms with Gasteiger partial charge >= 0.3 is 0 Å². The fourth-order valence-electron chi connectivity index (χ4n) is 6.60. The summed E-state index contributed by atoms with van der Waals surface area (Å²) in [5.74, 6) is -0.293. The van der Waals surface area contributed by atoms with Crippen LogP contribution in [0.1, 0.15) is 200 Å². The van der Waals surface area contributed by atoms with Gasteiger partial charge in [-0.3, -0.25) is 14.4 Å². The van der Waals surface area contributed by atoms with Crippen molar-refractivity contribution in [2.45, 2.75) is 206 Å². The predicted octanol–water partition coefficient (Wildman–Crippen LogP) is 9.13. The van der Waals surface area contributed by atoms with Crippen molar-refractivity contribution in [2.75, 3.05) is 46.9 Å². The molecular formula is C42H85N4O4+. The number of carbonyl (C=O) groups excluding carboxylic acids is 3. The maximum atomic E-state index is 13.1. The van der Waals surface area contributed by atoms with Crippen LogP contribution in [-0.2, 0) is 14.4 Å². The highest BCUT2D eigenvalue weighted by atomic mass is 16.3. The number of likely N-dealkylation sites (N-methyl/N-ethyl adjacent to an activating group) is 1. The van der Waals surface area contributed by atoms with E-state index in [4.69, 9.17) is 0 Å². The molecule has 0 rings (SSSR count). The summed E-state index contributed by atoms with van der Waals surface area (Å²) in [5, 5.41) is 18.2. The second kappa shape index (κ2) is 35.7. The first-order valence-corrected chi connectivity index (χ1v) is 21.5. The molecule has 0 fully saturated rings. The monoisotopic (exact) mass is 710 g/mol. The molecule has 3 amide bonds. The number of aliphatic hydroxyl groups excluding tert-OH is 1. The molecule has 0 saturated carbocycles. The molecule has 50 heavy (non-hydrogen) atoms. The maximum Gasteiger partial charge on any atom is 0.242 e. The van der Waals surface area contributed by atoms with Crippen LogP contribution in [-0.4, -0.2) is 80.2 Å². The van der Waals surface area contributed by atoms with Crippen LogP contribution in [0.15, 0.2) is 0 Å². The molecule has 0 aliphatic heterocycles. The third-order valence-electron chi connectivity index (χ3n) is 10.1. The van der Waals surface area contributed by atoms with E-state index in [-0.39, 0.29) is 30.7 Å². The first-order valence-electron chi connectivity index (χ1n) is 21.5. The van der Waals surface area contributed by atoms with Crippen LogP contribution in [0.3, 0.4) is 0 Å². The highest BCUT2D eigenvalue weighted by Gasteiger charge is 2.21. The summed E-state index contributed by atoms with van der Waals surface area (Å²) in [5.41, 5.74) is 0. The molecule has 0 aliphatic rings. The fourth-order valence-corrected chi connectivity index (χ4v) is 6.60. The molecule has 8 nitrogen and oxygen atoms in total. The summed E-state index contributed by atoms with van der Waals surface area (Å²) < 4.78 is 0.882. The average Bonchev–Trinajstić information content (AvgIpc) is 3.08. The lowest BCUT2D eigenvalue weighted by Gasteiger charge is -2.28. The minimum Gasteiger partial charge on any atom is -0.391 e. The molecule has 0 saturated heterocycles. The summed E-state index contributed by atoms with van der Waals surface area (Å²) in [6, 6.07) is -0.666. The standard InChI is InChI=1S/C42H84N4O4/c1-5-7-9-11-13-16-20-24-28-34-43-40(48)33-32-39(42(50)44-35-29-25-21-17-14-12-10-8-6-2)45-41(49)31-27-23-19-15-18-22-26-30-36-46(3,4)37-38-47/h39,47H,5-38H2,1-4H3,(H2-,43,44,45,48,49,50)/p+1. The number of unbranched alkanes of at least 4 members (excludes halogenated alkanes) is 23. The van der Waals surface area contributed by atoms with Gasteiger partial charge in [0.1, 0.15) is 12.6 Å². The number of nitrogens with zero attached hydrogens (tertiary/aromatic N) is 1. The van der Waals surface area contributed by atoms with E-state index in [9.17, 15) is 19.5 Å². The first-order chi connectivity index (χ1) is 24.3. The number of hydrogen-bond acceptors (Lipinski definition) is 4. The van der Waals surface area contributed by atoms with Crippen molar-refractivity contribution in [3.05, 3.63) is 0 Å². The van der Waals surface area contributed by atoms with Crippen LogP contribution in [0.25, 0.3) is 0 Å². The minimum absolute atomic E-state index is 0.0384. The van der Waals surface area contributed by atoms with Crippen molar-refractivity contribution >= 4 is 17.7 Å². The molecule has 0 bridgehead atoms. The predicted molar refractivity (Wildman–Crippen MR) is 212 cm³/mol. The fraction of sp³-hybridized carbons (Fsp3) is 0.929. The summed E-state index contributed by atoms with van der Waals surface area (Å²) in [6.45, 7) is 7.95. The lowest BCUT2D eigenvalue weighted by atomic mass is 10.1. The Labute approximate surface area is 310 Å². The quantitative estimate of drug-likeness (QED) is 0.0379. The van der Waals surface area contributed by atoms with Crippen molar-refractivity contribution in [1.82, 2.24) is 16.0 Å². The summed E-state index contributed by atoms with van der Waals surface area (Å²) in [6.07, 6.45) is 32.4. The van der Waals surface area contributed by atoms with Crippen LogP contribution >= 0.6 is 0 Å². The summed E-state index contributed by atoms with van der Waals surface area (Å²) >= 11 is 0. The molecule has 0 aromatic rings. The zero-order valence-electron chi connectivity index (χ0n) is 33.7. The number of nitrogens with one attached hydrogen (secondary N) is 3.